The van der Waals surface area contributed by atoms with Crippen molar-refractivity contribution in [2.24, 2.45) is 0 Å². The molecule has 2 heterocycles. The van der Waals surface area contributed by atoms with Crippen LogP contribution in [0.5, 0.6) is 0 Å². The van der Waals surface area contributed by atoms with E-state index in [1.165, 1.54) is 28.6 Å². The van der Waals surface area contributed by atoms with Crippen LogP contribution in [0.25, 0.3) is 10.8 Å². The number of piperidine rings is 1. The molecular formula is C24H21FN4O3S2. The SMILES string of the molecule is O=C(Nc1ccc(F)cc1)c1nnc([C@H]2CCCN(S(=O)(=O)c3ccc4ccccc4c3)C2)s1. The second-order valence-corrected chi connectivity index (χ2v) is 11.1. The molecule has 34 heavy (non-hydrogen) atoms. The standard InChI is InChI=1S/C24H21FN4O3S2/c25-19-8-10-20(11-9-19)26-22(30)24-28-27-23(33-24)18-6-3-13-29(15-18)34(31,32)21-12-7-16-4-1-2-5-17(16)14-21/h1-2,4-5,7-12,14,18H,3,6,13,15H2,(H,26,30)/t18-/m0/s1. The molecule has 4 aromatic rings. The van der Waals surface area contributed by atoms with Gasteiger partial charge in [-0.2, -0.15) is 4.31 Å². The Morgan fingerprint density at radius 3 is 2.59 bits per heavy atom. The van der Waals surface area contributed by atoms with Gasteiger partial charge in [0, 0.05) is 24.7 Å². The Hall–Kier alpha value is -3.21. The zero-order valence-corrected chi connectivity index (χ0v) is 19.7. The first-order valence-electron chi connectivity index (χ1n) is 10.8. The summed E-state index contributed by atoms with van der Waals surface area (Å²) >= 11 is 1.15. The summed E-state index contributed by atoms with van der Waals surface area (Å²) in [5.74, 6) is -0.975. The fourth-order valence-electron chi connectivity index (χ4n) is 4.05. The number of nitrogens with zero attached hydrogens (tertiary/aromatic N) is 3. The van der Waals surface area contributed by atoms with E-state index in [-0.39, 0.29) is 22.4 Å². The lowest BCUT2D eigenvalue weighted by Gasteiger charge is -2.30. The van der Waals surface area contributed by atoms with Crippen molar-refractivity contribution < 1.29 is 17.6 Å². The number of halogens is 1. The van der Waals surface area contributed by atoms with Crippen molar-refractivity contribution in [1.82, 2.24) is 14.5 Å². The van der Waals surface area contributed by atoms with Crippen LogP contribution < -0.4 is 5.32 Å². The summed E-state index contributed by atoms with van der Waals surface area (Å²) < 4.78 is 41.3. The topological polar surface area (TPSA) is 92.3 Å². The highest BCUT2D eigenvalue weighted by Crippen LogP contribution is 2.32. The lowest BCUT2D eigenvalue weighted by molar-refractivity contribution is 0.102. The molecule has 0 bridgehead atoms. The van der Waals surface area contributed by atoms with Gasteiger partial charge in [-0.25, -0.2) is 12.8 Å². The summed E-state index contributed by atoms with van der Waals surface area (Å²) in [6, 6.07) is 18.3. The normalized spacial score (nSPS) is 17.0. The van der Waals surface area contributed by atoms with E-state index in [9.17, 15) is 17.6 Å². The number of anilines is 1. The average Bonchev–Trinajstić information content (AvgIpc) is 3.36. The maximum Gasteiger partial charge on any atom is 0.286 e. The summed E-state index contributed by atoms with van der Waals surface area (Å²) in [5.41, 5.74) is 0.452. The van der Waals surface area contributed by atoms with Crippen LogP contribution in [0.1, 0.15) is 33.6 Å². The largest absolute Gasteiger partial charge is 0.320 e. The van der Waals surface area contributed by atoms with Gasteiger partial charge in [0.2, 0.25) is 15.0 Å². The van der Waals surface area contributed by atoms with Gasteiger partial charge in [0.05, 0.1) is 4.90 Å². The number of aromatic nitrogens is 2. The maximum absolute atomic E-state index is 13.4. The van der Waals surface area contributed by atoms with Crippen molar-refractivity contribution in [2.75, 3.05) is 18.4 Å². The Morgan fingerprint density at radius 1 is 1.03 bits per heavy atom. The third-order valence-corrected chi connectivity index (χ3v) is 8.77. The molecule has 0 radical (unpaired) electrons. The number of sulfonamides is 1. The molecule has 5 rings (SSSR count). The molecule has 174 valence electrons. The molecule has 1 aliphatic rings. The predicted molar refractivity (Wildman–Crippen MR) is 129 cm³/mol. The molecule has 0 unspecified atom stereocenters. The third-order valence-electron chi connectivity index (χ3n) is 5.83. The van der Waals surface area contributed by atoms with Crippen molar-refractivity contribution >= 4 is 43.7 Å². The second kappa shape index (κ2) is 9.21. The highest BCUT2D eigenvalue weighted by Gasteiger charge is 2.33. The Labute approximate surface area is 200 Å². The van der Waals surface area contributed by atoms with Crippen molar-refractivity contribution in [2.45, 2.75) is 23.7 Å². The van der Waals surface area contributed by atoms with Crippen LogP contribution in [0.4, 0.5) is 10.1 Å². The first-order valence-corrected chi connectivity index (χ1v) is 13.0. The highest BCUT2D eigenvalue weighted by atomic mass is 32.2. The Kier molecular flexibility index (Phi) is 6.11. The Balaban J connectivity index is 1.31. The minimum atomic E-state index is -3.67. The van der Waals surface area contributed by atoms with Gasteiger partial charge in [-0.1, -0.05) is 41.7 Å². The molecule has 0 aliphatic carbocycles. The fraction of sp³-hybridized carbons (Fsp3) is 0.208. The smallest absolute Gasteiger partial charge is 0.286 e. The van der Waals surface area contributed by atoms with E-state index in [1.807, 2.05) is 30.3 Å². The zero-order chi connectivity index (χ0) is 23.7. The molecular weight excluding hydrogens is 475 g/mol. The maximum atomic E-state index is 13.4. The summed E-state index contributed by atoms with van der Waals surface area (Å²) in [6.07, 6.45) is 1.45. The first kappa shape index (κ1) is 22.6. The lowest BCUT2D eigenvalue weighted by atomic mass is 10.0. The van der Waals surface area contributed by atoms with Crippen LogP contribution in [0.2, 0.25) is 0 Å². The third kappa shape index (κ3) is 4.56. The molecule has 1 aromatic heterocycles. The Bertz CT molecular complexity index is 1450. The monoisotopic (exact) mass is 496 g/mol. The molecule has 1 aliphatic heterocycles. The van der Waals surface area contributed by atoms with E-state index in [4.69, 9.17) is 0 Å². The summed E-state index contributed by atoms with van der Waals surface area (Å²) in [7, 11) is -3.67. The van der Waals surface area contributed by atoms with E-state index in [0.29, 0.717) is 23.7 Å². The van der Waals surface area contributed by atoms with Crippen molar-refractivity contribution in [3.63, 3.8) is 0 Å². The number of nitrogens with one attached hydrogen (secondary N) is 1. The quantitative estimate of drug-likeness (QED) is 0.434. The number of amides is 1. The zero-order valence-electron chi connectivity index (χ0n) is 18.0. The number of carbonyl (C=O) groups is 1. The van der Waals surface area contributed by atoms with E-state index in [2.05, 4.69) is 15.5 Å². The van der Waals surface area contributed by atoms with Crippen LogP contribution in [-0.2, 0) is 10.0 Å². The Morgan fingerprint density at radius 2 is 1.79 bits per heavy atom. The molecule has 3 aromatic carbocycles. The molecule has 7 nitrogen and oxygen atoms in total. The number of hydrogen-bond donors (Lipinski definition) is 1. The molecule has 1 saturated heterocycles. The van der Waals surface area contributed by atoms with Gasteiger partial charge in [-0.05, 0) is 60.0 Å². The van der Waals surface area contributed by atoms with Gasteiger partial charge in [0.25, 0.3) is 5.91 Å². The van der Waals surface area contributed by atoms with Crippen LogP contribution in [0.3, 0.4) is 0 Å². The molecule has 1 atom stereocenters. The first-order chi connectivity index (χ1) is 16.4. The fourth-order valence-corrected chi connectivity index (χ4v) is 6.47. The van der Waals surface area contributed by atoms with E-state index < -0.39 is 21.7 Å². The van der Waals surface area contributed by atoms with Gasteiger partial charge >= 0.3 is 0 Å². The number of hydrogen-bond acceptors (Lipinski definition) is 6. The van der Waals surface area contributed by atoms with Crippen LogP contribution >= 0.6 is 11.3 Å². The lowest BCUT2D eigenvalue weighted by Crippen LogP contribution is -2.39. The molecule has 0 spiro atoms. The minimum absolute atomic E-state index is 0.145. The number of carbonyl (C=O) groups excluding carboxylic acids is 1. The van der Waals surface area contributed by atoms with Gasteiger partial charge in [-0.3, -0.25) is 4.79 Å². The summed E-state index contributed by atoms with van der Waals surface area (Å²) in [6.45, 7) is 0.714. The molecule has 0 saturated carbocycles. The second-order valence-electron chi connectivity index (χ2n) is 8.12. The van der Waals surface area contributed by atoms with E-state index in [1.54, 1.807) is 12.1 Å². The van der Waals surface area contributed by atoms with E-state index >= 15 is 0 Å². The predicted octanol–water partition coefficient (Wildman–Crippen LogP) is 4.65. The summed E-state index contributed by atoms with van der Waals surface area (Å²) in [5, 5.41) is 13.5. The van der Waals surface area contributed by atoms with Crippen LogP contribution in [0, 0.1) is 5.82 Å². The van der Waals surface area contributed by atoms with E-state index in [0.717, 1.165) is 28.5 Å². The minimum Gasteiger partial charge on any atom is -0.320 e. The number of rotatable bonds is 5. The van der Waals surface area contributed by atoms with Crippen molar-refractivity contribution in [3.05, 3.63) is 82.6 Å². The van der Waals surface area contributed by atoms with Crippen molar-refractivity contribution in [1.29, 1.82) is 0 Å². The van der Waals surface area contributed by atoms with Gasteiger partial charge in [-0.15, -0.1) is 10.2 Å². The number of benzene rings is 3. The van der Waals surface area contributed by atoms with Gasteiger partial charge in [0.1, 0.15) is 10.8 Å². The van der Waals surface area contributed by atoms with Crippen LogP contribution in [0.15, 0.2) is 71.6 Å². The molecule has 10 heteroatoms. The van der Waals surface area contributed by atoms with Gasteiger partial charge in [0.15, 0.2) is 0 Å². The molecule has 1 amide bonds. The van der Waals surface area contributed by atoms with Crippen LogP contribution in [-0.4, -0.2) is 41.9 Å². The van der Waals surface area contributed by atoms with Crippen molar-refractivity contribution in [3.8, 4) is 0 Å². The molecule has 1 fully saturated rings. The average molecular weight is 497 g/mol. The molecule has 1 N–H and O–H groups in total. The van der Waals surface area contributed by atoms with Gasteiger partial charge < -0.3 is 5.32 Å². The summed E-state index contributed by atoms with van der Waals surface area (Å²) in [4.78, 5) is 12.8. The highest BCUT2D eigenvalue weighted by molar-refractivity contribution is 7.89. The number of fused-ring (bicyclic) bond motifs is 1.